The fraction of sp³-hybridized carbons (Fsp3) is 0.727. The van der Waals surface area contributed by atoms with Gasteiger partial charge in [-0.05, 0) is 39.8 Å². The van der Waals surface area contributed by atoms with Gasteiger partial charge in [0, 0.05) is 43.2 Å². The summed E-state index contributed by atoms with van der Waals surface area (Å²) in [5.74, 6) is -0.122. The van der Waals surface area contributed by atoms with E-state index in [0.717, 1.165) is 37.1 Å². The molecule has 0 saturated heterocycles. The van der Waals surface area contributed by atoms with Gasteiger partial charge >= 0.3 is 0 Å². The van der Waals surface area contributed by atoms with Crippen LogP contribution in [0.1, 0.15) is 66.7 Å². The van der Waals surface area contributed by atoms with Crippen LogP contribution in [0.25, 0.3) is 0 Å². The van der Waals surface area contributed by atoms with Gasteiger partial charge in [-0.15, -0.1) is 0 Å². The zero-order valence-corrected chi connectivity index (χ0v) is 18.8. The maximum absolute atomic E-state index is 12.2. The average molecular weight is 395 g/mol. The quantitative estimate of drug-likeness (QED) is 0.285. The second kappa shape index (κ2) is 15.3. The van der Waals surface area contributed by atoms with E-state index in [1.54, 1.807) is 6.08 Å². The molecule has 1 aliphatic rings. The predicted octanol–water partition coefficient (Wildman–Crippen LogP) is 2.67. The minimum atomic E-state index is -0.445. The number of unbranched alkanes of at least 4 members (excludes halogenated alkanes) is 1. The van der Waals surface area contributed by atoms with E-state index in [9.17, 15) is 9.59 Å². The molecule has 0 aromatic heterocycles. The number of carbonyl (C=O) groups excluding carboxylic acids is 2. The molecule has 4 N–H and O–H groups in total. The average Bonchev–Trinajstić information content (AvgIpc) is 2.98. The van der Waals surface area contributed by atoms with Crippen molar-refractivity contribution < 1.29 is 9.59 Å². The standard InChI is InChI=1S/C20H36N4O2.C2H6/c1-14(2)17(8-6-7-10-21-5)23-16-12-18(19(25)13-16)24-20(26)9-11-22-15(3)4;1-2/h13,15,17-18,21-23H,1,6-12H2,2-5H3,(H,24,26);1-2H3. The molecule has 1 aliphatic carbocycles. The lowest BCUT2D eigenvalue weighted by Gasteiger charge is -2.21. The third-order valence-corrected chi connectivity index (χ3v) is 4.45. The molecule has 0 radical (unpaired) electrons. The number of nitrogens with one attached hydrogen (secondary N) is 4. The highest BCUT2D eigenvalue weighted by Crippen LogP contribution is 2.18. The van der Waals surface area contributed by atoms with Crippen LogP contribution in [0.2, 0.25) is 0 Å². The van der Waals surface area contributed by atoms with E-state index >= 15 is 0 Å². The van der Waals surface area contributed by atoms with Crippen LogP contribution in [0.4, 0.5) is 0 Å². The Balaban J connectivity index is 0.00000352. The van der Waals surface area contributed by atoms with Gasteiger partial charge in [0.1, 0.15) is 0 Å². The van der Waals surface area contributed by atoms with Crippen LogP contribution in [0.15, 0.2) is 23.9 Å². The normalized spacial score (nSPS) is 16.9. The summed E-state index contributed by atoms with van der Waals surface area (Å²) in [5, 5.41) is 12.6. The Morgan fingerprint density at radius 1 is 1.25 bits per heavy atom. The minimum Gasteiger partial charge on any atom is -0.382 e. The first-order chi connectivity index (χ1) is 13.3. The van der Waals surface area contributed by atoms with Crippen LogP contribution in [0.5, 0.6) is 0 Å². The van der Waals surface area contributed by atoms with Crippen molar-refractivity contribution in [3.8, 4) is 0 Å². The van der Waals surface area contributed by atoms with Gasteiger partial charge in [-0.1, -0.05) is 39.8 Å². The largest absolute Gasteiger partial charge is 0.382 e. The number of hydrogen-bond donors (Lipinski definition) is 4. The van der Waals surface area contributed by atoms with Crippen LogP contribution in [0, 0.1) is 0 Å². The Kier molecular flexibility index (Phi) is 14.4. The van der Waals surface area contributed by atoms with Crippen LogP contribution >= 0.6 is 0 Å². The van der Waals surface area contributed by atoms with E-state index in [1.807, 2.05) is 41.7 Å². The number of rotatable bonds is 13. The van der Waals surface area contributed by atoms with Crippen molar-refractivity contribution >= 4 is 11.7 Å². The lowest BCUT2D eigenvalue weighted by molar-refractivity contribution is -0.125. The van der Waals surface area contributed by atoms with Crippen molar-refractivity contribution in [3.05, 3.63) is 23.9 Å². The first-order valence-corrected chi connectivity index (χ1v) is 10.7. The number of hydrogen-bond acceptors (Lipinski definition) is 5. The van der Waals surface area contributed by atoms with E-state index in [1.165, 1.54) is 0 Å². The highest BCUT2D eigenvalue weighted by Gasteiger charge is 2.27. The van der Waals surface area contributed by atoms with Gasteiger partial charge in [-0.2, -0.15) is 0 Å². The summed E-state index contributed by atoms with van der Waals surface area (Å²) < 4.78 is 0. The molecule has 28 heavy (non-hydrogen) atoms. The molecular weight excluding hydrogens is 352 g/mol. The maximum atomic E-state index is 12.2. The van der Waals surface area contributed by atoms with Crippen LogP contribution in [-0.4, -0.2) is 50.0 Å². The van der Waals surface area contributed by atoms with E-state index in [0.29, 0.717) is 25.4 Å². The van der Waals surface area contributed by atoms with Crippen molar-refractivity contribution in [1.82, 2.24) is 21.3 Å². The predicted molar refractivity (Wildman–Crippen MR) is 118 cm³/mol. The number of carbonyl (C=O) groups is 2. The number of ketones is 1. The molecule has 6 nitrogen and oxygen atoms in total. The second-order valence-electron chi connectivity index (χ2n) is 7.40. The summed E-state index contributed by atoms with van der Waals surface area (Å²) in [7, 11) is 1.96. The molecule has 2 unspecified atom stereocenters. The topological polar surface area (TPSA) is 82.3 Å². The Labute approximate surface area is 172 Å². The zero-order valence-electron chi connectivity index (χ0n) is 18.8. The van der Waals surface area contributed by atoms with E-state index in [2.05, 4.69) is 27.8 Å². The van der Waals surface area contributed by atoms with E-state index < -0.39 is 6.04 Å². The first-order valence-electron chi connectivity index (χ1n) is 10.7. The molecule has 0 aromatic carbocycles. The summed E-state index contributed by atoms with van der Waals surface area (Å²) in [4.78, 5) is 24.2. The Bertz CT molecular complexity index is 515. The molecule has 0 heterocycles. The highest BCUT2D eigenvalue weighted by atomic mass is 16.2. The summed E-state index contributed by atoms with van der Waals surface area (Å²) >= 11 is 0. The van der Waals surface area contributed by atoms with Gasteiger partial charge in [0.25, 0.3) is 0 Å². The molecule has 0 saturated carbocycles. The molecule has 1 rings (SSSR count). The summed E-state index contributed by atoms with van der Waals surface area (Å²) in [6.45, 7) is 15.8. The van der Waals surface area contributed by atoms with Crippen molar-refractivity contribution in [1.29, 1.82) is 0 Å². The Morgan fingerprint density at radius 2 is 1.93 bits per heavy atom. The smallest absolute Gasteiger partial charge is 0.221 e. The van der Waals surface area contributed by atoms with Gasteiger partial charge in [0.05, 0.1) is 6.04 Å². The Hall–Kier alpha value is -1.66. The molecule has 0 aromatic rings. The lowest BCUT2D eigenvalue weighted by Crippen LogP contribution is -2.40. The molecule has 1 amide bonds. The van der Waals surface area contributed by atoms with E-state index in [4.69, 9.17) is 0 Å². The highest BCUT2D eigenvalue weighted by molar-refractivity contribution is 5.99. The van der Waals surface area contributed by atoms with Gasteiger partial charge in [-0.3, -0.25) is 9.59 Å². The van der Waals surface area contributed by atoms with Crippen molar-refractivity contribution in [2.24, 2.45) is 0 Å². The third-order valence-electron chi connectivity index (χ3n) is 4.45. The first kappa shape index (κ1) is 26.3. The maximum Gasteiger partial charge on any atom is 0.221 e. The molecule has 0 spiro atoms. The SMILES string of the molecule is C=C(C)C(CCCCNC)NC1=CC(=O)C(NC(=O)CCNC(C)C)C1.CC. The summed E-state index contributed by atoms with van der Waals surface area (Å²) in [6, 6.07) is 0.0651. The van der Waals surface area contributed by atoms with Crippen molar-refractivity contribution in [2.45, 2.75) is 84.8 Å². The molecule has 0 fully saturated rings. The van der Waals surface area contributed by atoms with Gasteiger partial charge < -0.3 is 21.3 Å². The molecule has 0 bridgehead atoms. The van der Waals surface area contributed by atoms with Crippen LogP contribution < -0.4 is 21.3 Å². The lowest BCUT2D eigenvalue weighted by atomic mass is 10.0. The molecular formula is C22H42N4O2. The van der Waals surface area contributed by atoms with E-state index in [-0.39, 0.29) is 17.7 Å². The fourth-order valence-electron chi connectivity index (χ4n) is 2.93. The summed E-state index contributed by atoms with van der Waals surface area (Å²) in [6.07, 6.45) is 5.73. The van der Waals surface area contributed by atoms with Gasteiger partial charge in [0.2, 0.25) is 5.91 Å². The van der Waals surface area contributed by atoms with Gasteiger partial charge in [0.15, 0.2) is 5.78 Å². The molecule has 162 valence electrons. The molecule has 0 aliphatic heterocycles. The van der Waals surface area contributed by atoms with Crippen molar-refractivity contribution in [3.63, 3.8) is 0 Å². The number of amides is 1. The third kappa shape index (κ3) is 11.2. The van der Waals surface area contributed by atoms with Crippen LogP contribution in [-0.2, 0) is 9.59 Å². The van der Waals surface area contributed by atoms with Crippen molar-refractivity contribution in [2.75, 3.05) is 20.1 Å². The molecule has 2 atom stereocenters. The fourth-order valence-corrected chi connectivity index (χ4v) is 2.93. The monoisotopic (exact) mass is 394 g/mol. The molecule has 6 heteroatoms. The Morgan fingerprint density at radius 3 is 2.50 bits per heavy atom. The summed E-state index contributed by atoms with van der Waals surface area (Å²) in [5.41, 5.74) is 1.96. The second-order valence-corrected chi connectivity index (χ2v) is 7.40. The van der Waals surface area contributed by atoms with Crippen LogP contribution in [0.3, 0.4) is 0 Å². The van der Waals surface area contributed by atoms with Gasteiger partial charge in [-0.25, -0.2) is 0 Å². The minimum absolute atomic E-state index is 0.0340. The zero-order chi connectivity index (χ0) is 21.5.